The molecule has 1 aromatic heterocycles. The maximum absolute atomic E-state index is 13.5. The van der Waals surface area contributed by atoms with E-state index < -0.39 is 0 Å². The van der Waals surface area contributed by atoms with Crippen molar-refractivity contribution in [2.24, 2.45) is 5.10 Å². The van der Waals surface area contributed by atoms with Crippen LogP contribution in [0.25, 0.3) is 22.3 Å². The summed E-state index contributed by atoms with van der Waals surface area (Å²) in [5, 5.41) is 5.10. The van der Waals surface area contributed by atoms with E-state index in [1.54, 1.807) is 19.4 Å². The molecule has 0 fully saturated rings. The van der Waals surface area contributed by atoms with Crippen molar-refractivity contribution in [3.05, 3.63) is 87.7 Å². The molecule has 4 rings (SSSR count). The highest BCUT2D eigenvalue weighted by molar-refractivity contribution is 5.82. The van der Waals surface area contributed by atoms with Gasteiger partial charge in [0, 0.05) is 5.56 Å². The number of nitrogens with zero attached hydrogens (tertiary/aromatic N) is 3. The van der Waals surface area contributed by atoms with E-state index in [1.165, 1.54) is 4.68 Å². The molecule has 6 nitrogen and oxygen atoms in total. The number of benzene rings is 3. The molecule has 0 radical (unpaired) electrons. The molecule has 0 aliphatic rings. The van der Waals surface area contributed by atoms with Crippen LogP contribution in [0.2, 0.25) is 0 Å². The molecule has 1 heterocycles. The smallest absolute Gasteiger partial charge is 0.282 e. The zero-order valence-electron chi connectivity index (χ0n) is 20.2. The van der Waals surface area contributed by atoms with Gasteiger partial charge in [-0.3, -0.25) is 4.79 Å². The van der Waals surface area contributed by atoms with Gasteiger partial charge in [0.2, 0.25) is 0 Å². The molecule has 3 aromatic carbocycles. The molecule has 4 aromatic rings. The fourth-order valence-electron chi connectivity index (χ4n) is 3.92. The second-order valence-electron chi connectivity index (χ2n) is 8.38. The van der Waals surface area contributed by atoms with E-state index in [-0.39, 0.29) is 11.5 Å². The fourth-order valence-corrected chi connectivity index (χ4v) is 3.92. The Balaban J connectivity index is 1.96. The Hall–Kier alpha value is -3.93. The number of hydrogen-bond donors (Lipinski definition) is 0. The van der Waals surface area contributed by atoms with Gasteiger partial charge in [-0.25, -0.2) is 4.98 Å². The van der Waals surface area contributed by atoms with Crippen LogP contribution in [0.1, 0.15) is 43.4 Å². The van der Waals surface area contributed by atoms with Crippen LogP contribution >= 0.6 is 0 Å². The predicted molar refractivity (Wildman–Crippen MR) is 137 cm³/mol. The number of rotatable bonds is 7. The Bertz CT molecular complexity index is 1420. The van der Waals surface area contributed by atoms with Gasteiger partial charge in [-0.05, 0) is 72.9 Å². The molecule has 0 N–H and O–H groups in total. The summed E-state index contributed by atoms with van der Waals surface area (Å²) >= 11 is 0. The summed E-state index contributed by atoms with van der Waals surface area (Å²) in [5.41, 5.74) is 4.09. The Morgan fingerprint density at radius 3 is 2.62 bits per heavy atom. The van der Waals surface area contributed by atoms with Crippen LogP contribution in [0.5, 0.6) is 11.5 Å². The normalized spacial score (nSPS) is 11.5. The molecule has 0 aliphatic carbocycles. The summed E-state index contributed by atoms with van der Waals surface area (Å²) in [5.74, 6) is 2.30. The Kier molecular flexibility index (Phi) is 6.77. The monoisotopic (exact) mass is 455 g/mol. The molecular weight excluding hydrogens is 426 g/mol. The highest BCUT2D eigenvalue weighted by Gasteiger charge is 2.18. The summed E-state index contributed by atoms with van der Waals surface area (Å²) in [6.07, 6.45) is 1.65. The van der Waals surface area contributed by atoms with Crippen molar-refractivity contribution < 1.29 is 9.47 Å². The maximum Gasteiger partial charge on any atom is 0.282 e. The quantitative estimate of drug-likeness (QED) is 0.331. The van der Waals surface area contributed by atoms with Gasteiger partial charge in [-0.1, -0.05) is 38.1 Å². The van der Waals surface area contributed by atoms with Crippen LogP contribution in [0, 0.1) is 6.92 Å². The molecule has 0 spiro atoms. The second-order valence-corrected chi connectivity index (χ2v) is 8.38. The summed E-state index contributed by atoms with van der Waals surface area (Å²) in [7, 11) is 1.62. The first-order valence-corrected chi connectivity index (χ1v) is 11.4. The number of methoxy groups -OCH3 is 1. The Morgan fingerprint density at radius 2 is 1.88 bits per heavy atom. The molecule has 0 atom stereocenters. The molecule has 0 amide bonds. The molecular formula is C28H29N3O3. The molecule has 0 aliphatic heterocycles. The average Bonchev–Trinajstić information content (AvgIpc) is 2.83. The van der Waals surface area contributed by atoms with Crippen LogP contribution in [-0.4, -0.2) is 29.6 Å². The predicted octanol–water partition coefficient (Wildman–Crippen LogP) is 5.78. The highest BCUT2D eigenvalue weighted by atomic mass is 16.5. The van der Waals surface area contributed by atoms with E-state index in [0.29, 0.717) is 23.3 Å². The summed E-state index contributed by atoms with van der Waals surface area (Å²) in [6, 6.07) is 18.9. The summed E-state index contributed by atoms with van der Waals surface area (Å²) < 4.78 is 12.6. The Morgan fingerprint density at radius 1 is 1.09 bits per heavy atom. The number of aryl methyl sites for hydroxylation is 1. The van der Waals surface area contributed by atoms with E-state index in [0.717, 1.165) is 33.8 Å². The Labute approximate surface area is 199 Å². The van der Waals surface area contributed by atoms with Crippen molar-refractivity contribution in [3.8, 4) is 22.9 Å². The van der Waals surface area contributed by atoms with Gasteiger partial charge in [0.1, 0.15) is 11.5 Å². The molecule has 0 saturated heterocycles. The minimum Gasteiger partial charge on any atom is -0.497 e. The maximum atomic E-state index is 13.5. The van der Waals surface area contributed by atoms with Gasteiger partial charge in [-0.2, -0.15) is 9.78 Å². The lowest BCUT2D eigenvalue weighted by Crippen LogP contribution is -2.20. The van der Waals surface area contributed by atoms with E-state index in [4.69, 9.17) is 14.5 Å². The van der Waals surface area contributed by atoms with Gasteiger partial charge in [0.25, 0.3) is 5.56 Å². The fraction of sp³-hybridized carbons (Fsp3) is 0.250. The zero-order chi connectivity index (χ0) is 24.2. The van der Waals surface area contributed by atoms with Gasteiger partial charge in [0.15, 0.2) is 5.82 Å². The highest BCUT2D eigenvalue weighted by Crippen LogP contribution is 2.34. The third kappa shape index (κ3) is 4.57. The minimum atomic E-state index is -0.223. The molecule has 6 heteroatoms. The van der Waals surface area contributed by atoms with E-state index in [9.17, 15) is 4.79 Å². The zero-order valence-corrected chi connectivity index (χ0v) is 20.2. The van der Waals surface area contributed by atoms with Crippen LogP contribution in [0.4, 0.5) is 0 Å². The number of para-hydroxylation sites is 1. The van der Waals surface area contributed by atoms with Crippen molar-refractivity contribution in [1.82, 2.24) is 9.66 Å². The molecule has 174 valence electrons. The number of fused-ring (bicyclic) bond motifs is 1. The number of ether oxygens (including phenoxy) is 2. The third-order valence-corrected chi connectivity index (χ3v) is 5.69. The summed E-state index contributed by atoms with van der Waals surface area (Å²) in [6.45, 7) is 8.81. The van der Waals surface area contributed by atoms with Crippen LogP contribution < -0.4 is 15.0 Å². The van der Waals surface area contributed by atoms with Crippen LogP contribution in [0.3, 0.4) is 0 Å². The summed E-state index contributed by atoms with van der Waals surface area (Å²) in [4.78, 5) is 18.4. The first-order chi connectivity index (χ1) is 16.4. The van der Waals surface area contributed by atoms with Gasteiger partial charge in [0.05, 0.1) is 30.8 Å². The lowest BCUT2D eigenvalue weighted by molar-refractivity contribution is 0.335. The van der Waals surface area contributed by atoms with Crippen molar-refractivity contribution in [2.75, 3.05) is 13.7 Å². The van der Waals surface area contributed by atoms with Gasteiger partial charge >= 0.3 is 0 Å². The number of hydrogen-bond acceptors (Lipinski definition) is 5. The average molecular weight is 456 g/mol. The third-order valence-electron chi connectivity index (χ3n) is 5.69. The van der Waals surface area contributed by atoms with E-state index in [1.807, 2.05) is 62.4 Å². The molecule has 0 unspecified atom stereocenters. The largest absolute Gasteiger partial charge is 0.497 e. The van der Waals surface area contributed by atoms with E-state index in [2.05, 4.69) is 25.0 Å². The molecule has 0 bridgehead atoms. The molecule has 34 heavy (non-hydrogen) atoms. The minimum absolute atomic E-state index is 0.223. The lowest BCUT2D eigenvalue weighted by Gasteiger charge is -2.18. The lowest BCUT2D eigenvalue weighted by atomic mass is 9.96. The standard InChI is InChI=1S/C28H29N3O3/c1-6-34-26-14-19(4)24(16-23(26)18(2)3)27-30-25-13-8-7-12-22(25)28(32)31(27)29-17-20-10-9-11-21(15-20)33-5/h7-18H,6H2,1-5H3. The first kappa shape index (κ1) is 23.2. The SMILES string of the molecule is CCOc1cc(C)c(-c2nc3ccccc3c(=O)n2N=Cc2cccc(OC)c2)cc1C(C)C. The van der Waals surface area contributed by atoms with Gasteiger partial charge in [-0.15, -0.1) is 0 Å². The number of aromatic nitrogens is 2. The van der Waals surface area contributed by atoms with E-state index >= 15 is 0 Å². The topological polar surface area (TPSA) is 65.7 Å². The molecule has 0 saturated carbocycles. The second kappa shape index (κ2) is 9.91. The van der Waals surface area contributed by atoms with Crippen molar-refractivity contribution in [1.29, 1.82) is 0 Å². The van der Waals surface area contributed by atoms with Crippen molar-refractivity contribution in [2.45, 2.75) is 33.6 Å². The van der Waals surface area contributed by atoms with Crippen molar-refractivity contribution >= 4 is 17.1 Å². The van der Waals surface area contributed by atoms with Crippen molar-refractivity contribution in [3.63, 3.8) is 0 Å². The van der Waals surface area contributed by atoms with Crippen LogP contribution in [0.15, 0.2) is 70.6 Å². The van der Waals surface area contributed by atoms with Crippen LogP contribution in [-0.2, 0) is 0 Å². The first-order valence-electron chi connectivity index (χ1n) is 11.4. The van der Waals surface area contributed by atoms with Gasteiger partial charge < -0.3 is 9.47 Å².